The Hall–Kier alpha value is -1.10. The van der Waals surface area contributed by atoms with Gasteiger partial charge in [-0.2, -0.15) is 0 Å². The van der Waals surface area contributed by atoms with Crippen LogP contribution in [0.5, 0.6) is 0 Å². The minimum atomic E-state index is -0.0272. The Bertz CT molecular complexity index is 420. The van der Waals surface area contributed by atoms with E-state index in [9.17, 15) is 9.59 Å². The molecule has 0 unspecified atom stereocenters. The number of carbonyl (C=O) groups is 2. The maximum absolute atomic E-state index is 12.9. The fourth-order valence-corrected chi connectivity index (χ4v) is 4.49. The highest BCUT2D eigenvalue weighted by atomic mass is 16.5. The fraction of sp³-hybridized carbons (Fsp3) is 0.889. The lowest BCUT2D eigenvalue weighted by molar-refractivity contribution is -0.137. The van der Waals surface area contributed by atoms with Crippen LogP contribution in [0.4, 0.5) is 0 Å². The maximum Gasteiger partial charge on any atom is 0.225 e. The number of carbonyl (C=O) groups excluding carboxylic acids is 2. The maximum atomic E-state index is 12.9. The van der Waals surface area contributed by atoms with E-state index in [1.54, 1.807) is 0 Å². The molecule has 0 aromatic carbocycles. The largest absolute Gasteiger partial charge is 0.380 e. The predicted molar refractivity (Wildman–Crippen MR) is 87.9 cm³/mol. The highest BCUT2D eigenvalue weighted by Gasteiger charge is 2.39. The van der Waals surface area contributed by atoms with Gasteiger partial charge in [0.2, 0.25) is 11.8 Å². The van der Waals surface area contributed by atoms with Gasteiger partial charge in [0.15, 0.2) is 0 Å². The summed E-state index contributed by atoms with van der Waals surface area (Å²) in [5.74, 6) is 0.906. The van der Waals surface area contributed by atoms with Crippen molar-refractivity contribution in [3.8, 4) is 0 Å². The number of hydrogen-bond donors (Lipinski definition) is 1. The first-order chi connectivity index (χ1) is 11.3. The molecule has 3 rings (SSSR count). The van der Waals surface area contributed by atoms with Gasteiger partial charge in [0.25, 0.3) is 0 Å². The van der Waals surface area contributed by atoms with E-state index in [2.05, 4.69) is 5.32 Å². The number of nitrogens with zero attached hydrogens (tertiary/aromatic N) is 1. The van der Waals surface area contributed by atoms with Crippen molar-refractivity contribution >= 4 is 11.8 Å². The van der Waals surface area contributed by atoms with Gasteiger partial charge in [-0.15, -0.1) is 0 Å². The van der Waals surface area contributed by atoms with Crippen LogP contribution in [0.25, 0.3) is 0 Å². The molecule has 0 aromatic heterocycles. The summed E-state index contributed by atoms with van der Waals surface area (Å²) in [6.45, 7) is 2.55. The number of rotatable bonds is 2. The smallest absolute Gasteiger partial charge is 0.225 e. The standard InChI is InChI=1S/C18H30N2O3/c21-17(13-14-5-1-2-6-14)20-10-4-11-23-12-9-19-18(22)15-7-3-8-16(15)20/h14-16H,1-13H2,(H,19,22)/t15-,16+/m1/s1. The molecular weight excluding hydrogens is 292 g/mol. The Balaban J connectivity index is 1.69. The second kappa shape index (κ2) is 8.13. The highest BCUT2D eigenvalue weighted by Crippen LogP contribution is 2.33. The van der Waals surface area contributed by atoms with Gasteiger partial charge in [0, 0.05) is 32.2 Å². The van der Waals surface area contributed by atoms with E-state index < -0.39 is 0 Å². The van der Waals surface area contributed by atoms with Crippen LogP contribution in [-0.2, 0) is 14.3 Å². The molecule has 5 heteroatoms. The summed E-state index contributed by atoms with van der Waals surface area (Å²) in [6.07, 6.45) is 9.38. The molecule has 23 heavy (non-hydrogen) atoms. The molecule has 0 aromatic rings. The molecule has 1 heterocycles. The van der Waals surface area contributed by atoms with Gasteiger partial charge >= 0.3 is 0 Å². The van der Waals surface area contributed by atoms with Crippen LogP contribution in [0.15, 0.2) is 0 Å². The van der Waals surface area contributed by atoms with Gasteiger partial charge in [-0.1, -0.05) is 19.3 Å². The van der Waals surface area contributed by atoms with E-state index in [1.807, 2.05) is 4.90 Å². The summed E-state index contributed by atoms with van der Waals surface area (Å²) >= 11 is 0. The number of amides is 2. The SMILES string of the molecule is O=C1NCCOCCCN(C(=O)CC2CCCC2)[C@H]2CCC[C@@H]12. The molecule has 0 bridgehead atoms. The number of nitrogens with one attached hydrogen (secondary N) is 1. The molecule has 2 aliphatic carbocycles. The van der Waals surface area contributed by atoms with Crippen molar-refractivity contribution in [2.75, 3.05) is 26.3 Å². The summed E-state index contributed by atoms with van der Waals surface area (Å²) in [7, 11) is 0. The van der Waals surface area contributed by atoms with Crippen LogP contribution in [0.3, 0.4) is 0 Å². The van der Waals surface area contributed by atoms with Crippen LogP contribution in [-0.4, -0.2) is 49.1 Å². The Morgan fingerprint density at radius 1 is 1.09 bits per heavy atom. The number of ether oxygens (including phenoxy) is 1. The average molecular weight is 322 g/mol. The molecule has 130 valence electrons. The van der Waals surface area contributed by atoms with Gasteiger partial charge in [-0.3, -0.25) is 9.59 Å². The zero-order valence-corrected chi connectivity index (χ0v) is 14.1. The van der Waals surface area contributed by atoms with Crippen LogP contribution >= 0.6 is 0 Å². The summed E-state index contributed by atoms with van der Waals surface area (Å²) in [5, 5.41) is 2.98. The fourth-order valence-electron chi connectivity index (χ4n) is 4.49. The molecule has 5 nitrogen and oxygen atoms in total. The van der Waals surface area contributed by atoms with E-state index >= 15 is 0 Å². The average Bonchev–Trinajstić information content (AvgIpc) is 3.20. The van der Waals surface area contributed by atoms with Gasteiger partial charge in [0.05, 0.1) is 12.5 Å². The number of hydrogen-bond acceptors (Lipinski definition) is 3. The molecule has 2 saturated carbocycles. The summed E-state index contributed by atoms with van der Waals surface area (Å²) in [6, 6.07) is 0.0991. The number of fused-ring (bicyclic) bond motifs is 1. The van der Waals surface area contributed by atoms with Crippen molar-refractivity contribution in [1.82, 2.24) is 10.2 Å². The third-order valence-electron chi connectivity index (χ3n) is 5.71. The van der Waals surface area contributed by atoms with Gasteiger partial charge < -0.3 is 15.0 Å². The lowest BCUT2D eigenvalue weighted by atomic mass is 9.98. The zero-order valence-electron chi connectivity index (χ0n) is 14.1. The molecular formula is C18H30N2O3. The molecule has 2 atom stereocenters. The summed E-state index contributed by atoms with van der Waals surface area (Å²) in [4.78, 5) is 27.4. The first-order valence-corrected chi connectivity index (χ1v) is 9.40. The molecule has 1 N–H and O–H groups in total. The molecule has 2 amide bonds. The van der Waals surface area contributed by atoms with Gasteiger partial charge in [-0.25, -0.2) is 0 Å². The molecule has 0 spiro atoms. The van der Waals surface area contributed by atoms with Crippen molar-refractivity contribution in [2.45, 2.75) is 63.8 Å². The van der Waals surface area contributed by atoms with Gasteiger partial charge in [-0.05, 0) is 38.0 Å². The minimum Gasteiger partial charge on any atom is -0.380 e. The molecule has 1 saturated heterocycles. The predicted octanol–water partition coefficient (Wildman–Crippen LogP) is 2.10. The second-order valence-electron chi connectivity index (χ2n) is 7.30. The van der Waals surface area contributed by atoms with Gasteiger partial charge in [0.1, 0.15) is 0 Å². The van der Waals surface area contributed by atoms with Crippen LogP contribution in [0.2, 0.25) is 0 Å². The van der Waals surface area contributed by atoms with E-state index in [-0.39, 0.29) is 23.8 Å². The van der Waals surface area contributed by atoms with Crippen molar-refractivity contribution < 1.29 is 14.3 Å². The monoisotopic (exact) mass is 322 g/mol. The normalized spacial score (nSPS) is 30.6. The van der Waals surface area contributed by atoms with Crippen molar-refractivity contribution in [3.05, 3.63) is 0 Å². The Morgan fingerprint density at radius 3 is 2.74 bits per heavy atom. The molecule has 3 fully saturated rings. The summed E-state index contributed by atoms with van der Waals surface area (Å²) in [5.41, 5.74) is 0. The Kier molecular flexibility index (Phi) is 5.92. The first kappa shape index (κ1) is 16.7. The third kappa shape index (κ3) is 4.25. The van der Waals surface area contributed by atoms with Crippen LogP contribution in [0, 0.1) is 11.8 Å². The third-order valence-corrected chi connectivity index (χ3v) is 5.71. The second-order valence-corrected chi connectivity index (χ2v) is 7.30. The molecule has 0 radical (unpaired) electrons. The van der Waals surface area contributed by atoms with Crippen molar-refractivity contribution in [1.29, 1.82) is 0 Å². The minimum absolute atomic E-state index is 0.0272. The van der Waals surface area contributed by atoms with Crippen LogP contribution in [0.1, 0.15) is 57.8 Å². The van der Waals surface area contributed by atoms with E-state index in [4.69, 9.17) is 4.74 Å². The van der Waals surface area contributed by atoms with E-state index in [0.717, 1.165) is 32.2 Å². The lowest BCUT2D eigenvalue weighted by Crippen LogP contribution is -2.47. The lowest BCUT2D eigenvalue weighted by Gasteiger charge is -2.33. The Labute approximate surface area is 139 Å². The zero-order chi connectivity index (χ0) is 16.1. The topological polar surface area (TPSA) is 58.6 Å². The van der Waals surface area contributed by atoms with E-state index in [1.165, 1.54) is 25.7 Å². The first-order valence-electron chi connectivity index (χ1n) is 9.40. The molecule has 1 aliphatic heterocycles. The summed E-state index contributed by atoms with van der Waals surface area (Å²) < 4.78 is 5.54. The highest BCUT2D eigenvalue weighted by molar-refractivity contribution is 5.82. The molecule has 3 aliphatic rings. The quantitative estimate of drug-likeness (QED) is 0.847. The Morgan fingerprint density at radius 2 is 1.91 bits per heavy atom. The van der Waals surface area contributed by atoms with E-state index in [0.29, 0.717) is 32.1 Å². The van der Waals surface area contributed by atoms with Crippen molar-refractivity contribution in [3.63, 3.8) is 0 Å². The van der Waals surface area contributed by atoms with Crippen molar-refractivity contribution in [2.24, 2.45) is 11.8 Å². The van der Waals surface area contributed by atoms with Crippen LogP contribution < -0.4 is 5.32 Å².